The van der Waals surface area contributed by atoms with Crippen molar-refractivity contribution in [3.63, 3.8) is 0 Å². The highest BCUT2D eigenvalue weighted by molar-refractivity contribution is 5.37. The van der Waals surface area contributed by atoms with E-state index in [9.17, 15) is 4.39 Å². The summed E-state index contributed by atoms with van der Waals surface area (Å²) in [5.41, 5.74) is 0.892. The van der Waals surface area contributed by atoms with Gasteiger partial charge in [-0.1, -0.05) is 25.0 Å². The van der Waals surface area contributed by atoms with Crippen LogP contribution in [0.25, 0.3) is 0 Å². The van der Waals surface area contributed by atoms with Crippen molar-refractivity contribution in [2.45, 2.75) is 32.2 Å². The Bertz CT molecular complexity index is 376. The third kappa shape index (κ3) is 3.19. The first-order valence-electron chi connectivity index (χ1n) is 6.31. The molecule has 1 fully saturated rings. The summed E-state index contributed by atoms with van der Waals surface area (Å²) in [7, 11) is 1.86. The van der Waals surface area contributed by atoms with Crippen LogP contribution in [0.5, 0.6) is 5.75 Å². The number of halogens is 1. The van der Waals surface area contributed by atoms with Crippen LogP contribution in [0.15, 0.2) is 18.2 Å². The van der Waals surface area contributed by atoms with Crippen molar-refractivity contribution in [3.8, 4) is 5.75 Å². The lowest BCUT2D eigenvalue weighted by molar-refractivity contribution is 0.282. The van der Waals surface area contributed by atoms with E-state index in [4.69, 9.17) is 4.74 Å². The van der Waals surface area contributed by atoms with Crippen LogP contribution >= 0.6 is 0 Å². The van der Waals surface area contributed by atoms with Crippen LogP contribution in [0, 0.1) is 11.7 Å². The molecule has 1 aromatic carbocycles. The zero-order chi connectivity index (χ0) is 12.3. The highest BCUT2D eigenvalue weighted by Gasteiger charge is 2.21. The Labute approximate surface area is 102 Å². The number of rotatable bonds is 6. The molecule has 1 atom stereocenters. The van der Waals surface area contributed by atoms with Gasteiger partial charge in [-0.15, -0.1) is 0 Å². The fourth-order valence-electron chi connectivity index (χ4n) is 1.91. The first-order valence-corrected chi connectivity index (χ1v) is 6.31. The van der Waals surface area contributed by atoms with Gasteiger partial charge in [0.1, 0.15) is 0 Å². The van der Waals surface area contributed by atoms with Gasteiger partial charge in [0.15, 0.2) is 11.6 Å². The zero-order valence-corrected chi connectivity index (χ0v) is 10.5. The maximum atomic E-state index is 13.7. The number of nitrogens with one attached hydrogen (secondary N) is 1. The molecule has 2 rings (SSSR count). The van der Waals surface area contributed by atoms with E-state index in [0.717, 1.165) is 17.9 Å². The molecular formula is C14H20FNO. The molecule has 0 saturated heterocycles. The van der Waals surface area contributed by atoms with Gasteiger partial charge in [0.05, 0.1) is 6.61 Å². The maximum absolute atomic E-state index is 13.7. The molecule has 1 aliphatic rings. The lowest BCUT2D eigenvalue weighted by Crippen LogP contribution is -2.14. The van der Waals surface area contributed by atoms with Crippen LogP contribution < -0.4 is 10.1 Å². The quantitative estimate of drug-likeness (QED) is 0.819. The number of benzene rings is 1. The van der Waals surface area contributed by atoms with Gasteiger partial charge in [0.25, 0.3) is 0 Å². The molecule has 1 aromatic rings. The predicted molar refractivity (Wildman–Crippen MR) is 66.7 cm³/mol. The van der Waals surface area contributed by atoms with Gasteiger partial charge in [-0.2, -0.15) is 0 Å². The van der Waals surface area contributed by atoms with E-state index in [1.807, 2.05) is 20.0 Å². The van der Waals surface area contributed by atoms with Gasteiger partial charge in [-0.05, 0) is 32.4 Å². The molecule has 1 aliphatic carbocycles. The number of hydrogen-bond acceptors (Lipinski definition) is 2. The number of para-hydroxylation sites is 1. The largest absolute Gasteiger partial charge is 0.490 e. The molecule has 94 valence electrons. The lowest BCUT2D eigenvalue weighted by Gasteiger charge is -2.17. The molecule has 17 heavy (non-hydrogen) atoms. The summed E-state index contributed by atoms with van der Waals surface area (Å²) in [5, 5.41) is 3.11. The molecule has 0 aromatic heterocycles. The Morgan fingerprint density at radius 3 is 2.88 bits per heavy atom. The van der Waals surface area contributed by atoms with E-state index in [0.29, 0.717) is 12.4 Å². The second-order valence-electron chi connectivity index (χ2n) is 4.75. The summed E-state index contributed by atoms with van der Waals surface area (Å²) in [6, 6.07) is 5.20. The van der Waals surface area contributed by atoms with Crippen molar-refractivity contribution >= 4 is 0 Å². The molecule has 1 saturated carbocycles. The van der Waals surface area contributed by atoms with Crippen molar-refractivity contribution in [3.05, 3.63) is 29.6 Å². The minimum absolute atomic E-state index is 0.0987. The summed E-state index contributed by atoms with van der Waals surface area (Å²) in [4.78, 5) is 0. The van der Waals surface area contributed by atoms with Gasteiger partial charge in [-0.3, -0.25) is 0 Å². The van der Waals surface area contributed by atoms with Crippen LogP contribution in [-0.4, -0.2) is 13.7 Å². The van der Waals surface area contributed by atoms with Gasteiger partial charge >= 0.3 is 0 Å². The van der Waals surface area contributed by atoms with E-state index < -0.39 is 0 Å². The van der Waals surface area contributed by atoms with Crippen molar-refractivity contribution in [1.29, 1.82) is 0 Å². The van der Waals surface area contributed by atoms with E-state index in [1.165, 1.54) is 18.9 Å². The Balaban J connectivity index is 2.05. The van der Waals surface area contributed by atoms with Crippen LogP contribution in [0.1, 0.15) is 37.8 Å². The average Bonchev–Trinajstić information content (AvgIpc) is 3.14. The Kier molecular flexibility index (Phi) is 4.00. The zero-order valence-electron chi connectivity index (χ0n) is 10.5. The second-order valence-corrected chi connectivity index (χ2v) is 4.75. The van der Waals surface area contributed by atoms with Crippen LogP contribution in [0.3, 0.4) is 0 Å². The van der Waals surface area contributed by atoms with E-state index >= 15 is 0 Å². The molecule has 0 radical (unpaired) electrons. The number of ether oxygens (including phenoxy) is 1. The molecule has 3 heteroatoms. The molecule has 0 spiro atoms. The Hall–Kier alpha value is -1.09. The molecular weight excluding hydrogens is 217 g/mol. The highest BCUT2D eigenvalue weighted by Crippen LogP contribution is 2.33. The Morgan fingerprint density at radius 2 is 2.24 bits per heavy atom. The van der Waals surface area contributed by atoms with Crippen LogP contribution in [0.2, 0.25) is 0 Å². The molecule has 1 N–H and O–H groups in total. The second kappa shape index (κ2) is 5.50. The monoisotopic (exact) mass is 237 g/mol. The lowest BCUT2D eigenvalue weighted by atomic mass is 10.1. The van der Waals surface area contributed by atoms with Crippen molar-refractivity contribution in [1.82, 2.24) is 5.32 Å². The molecule has 1 unspecified atom stereocenters. The van der Waals surface area contributed by atoms with Crippen LogP contribution in [0.4, 0.5) is 4.39 Å². The maximum Gasteiger partial charge on any atom is 0.165 e. The standard InChI is InChI=1S/C14H20FNO/c1-10(16-2)12-4-3-5-13(15)14(12)17-9-8-11-6-7-11/h3-5,10-11,16H,6-9H2,1-2H3. The fourth-order valence-corrected chi connectivity index (χ4v) is 1.91. The average molecular weight is 237 g/mol. The van der Waals surface area contributed by atoms with Crippen molar-refractivity contribution in [2.75, 3.05) is 13.7 Å². The molecule has 0 bridgehead atoms. The van der Waals surface area contributed by atoms with E-state index in [-0.39, 0.29) is 11.9 Å². The molecule has 0 aliphatic heterocycles. The third-order valence-electron chi connectivity index (χ3n) is 3.37. The first kappa shape index (κ1) is 12.4. The summed E-state index contributed by atoms with van der Waals surface area (Å²) < 4.78 is 19.4. The number of hydrogen-bond donors (Lipinski definition) is 1. The van der Waals surface area contributed by atoms with Gasteiger partial charge < -0.3 is 10.1 Å². The topological polar surface area (TPSA) is 21.3 Å². The predicted octanol–water partition coefficient (Wildman–Crippen LogP) is 3.29. The fraction of sp³-hybridized carbons (Fsp3) is 0.571. The highest BCUT2D eigenvalue weighted by atomic mass is 19.1. The van der Waals surface area contributed by atoms with Gasteiger partial charge in [-0.25, -0.2) is 4.39 Å². The summed E-state index contributed by atoms with van der Waals surface area (Å²) in [6.07, 6.45) is 3.66. The SMILES string of the molecule is CNC(C)c1cccc(F)c1OCCC1CC1. The van der Waals surface area contributed by atoms with E-state index in [2.05, 4.69) is 5.32 Å². The van der Waals surface area contributed by atoms with Gasteiger partial charge in [0, 0.05) is 11.6 Å². The third-order valence-corrected chi connectivity index (χ3v) is 3.37. The van der Waals surface area contributed by atoms with E-state index in [1.54, 1.807) is 6.07 Å². The summed E-state index contributed by atoms with van der Waals surface area (Å²) in [5.74, 6) is 0.961. The van der Waals surface area contributed by atoms with Gasteiger partial charge in [0.2, 0.25) is 0 Å². The normalized spacial score (nSPS) is 16.9. The van der Waals surface area contributed by atoms with Crippen molar-refractivity contribution in [2.24, 2.45) is 5.92 Å². The molecule has 0 heterocycles. The summed E-state index contributed by atoms with van der Waals surface area (Å²) >= 11 is 0. The minimum atomic E-state index is -0.264. The van der Waals surface area contributed by atoms with Crippen LogP contribution in [-0.2, 0) is 0 Å². The summed E-state index contributed by atoms with van der Waals surface area (Å²) in [6.45, 7) is 2.62. The Morgan fingerprint density at radius 1 is 1.47 bits per heavy atom. The first-order chi connectivity index (χ1) is 8.22. The minimum Gasteiger partial charge on any atom is -0.490 e. The molecule has 0 amide bonds. The van der Waals surface area contributed by atoms with Crippen molar-refractivity contribution < 1.29 is 9.13 Å². The molecule has 2 nitrogen and oxygen atoms in total. The smallest absolute Gasteiger partial charge is 0.165 e.